The SMILES string of the molecule is CCN(CC)S(=O)(=O)c1cccc(C(=O)N/N=C/c2ccc(C(C)(C)C)cc2)c1. The molecule has 2 aromatic carbocycles. The van der Waals surface area contributed by atoms with E-state index in [1.54, 1.807) is 32.2 Å². The summed E-state index contributed by atoms with van der Waals surface area (Å²) in [6.07, 6.45) is 1.56. The minimum Gasteiger partial charge on any atom is -0.267 e. The van der Waals surface area contributed by atoms with Crippen molar-refractivity contribution >= 4 is 22.1 Å². The molecule has 6 nitrogen and oxygen atoms in total. The maximum Gasteiger partial charge on any atom is 0.271 e. The molecule has 0 heterocycles. The molecule has 0 aliphatic carbocycles. The Labute approximate surface area is 173 Å². The van der Waals surface area contributed by atoms with Gasteiger partial charge in [0.15, 0.2) is 0 Å². The highest BCUT2D eigenvalue weighted by molar-refractivity contribution is 7.89. The number of sulfonamides is 1. The quantitative estimate of drug-likeness (QED) is 0.552. The van der Waals surface area contributed by atoms with Crippen LogP contribution in [-0.4, -0.2) is 37.9 Å². The van der Waals surface area contributed by atoms with Gasteiger partial charge in [0.2, 0.25) is 10.0 Å². The van der Waals surface area contributed by atoms with Crippen LogP contribution in [0.5, 0.6) is 0 Å². The third-order valence-electron chi connectivity index (χ3n) is 4.60. The Morgan fingerprint density at radius 3 is 2.24 bits per heavy atom. The zero-order valence-corrected chi connectivity index (χ0v) is 18.5. The summed E-state index contributed by atoms with van der Waals surface area (Å²) in [5, 5.41) is 3.98. The summed E-state index contributed by atoms with van der Waals surface area (Å²) in [6, 6.07) is 13.9. The van der Waals surface area contributed by atoms with E-state index in [4.69, 9.17) is 0 Å². The Bertz CT molecular complexity index is 971. The smallest absolute Gasteiger partial charge is 0.267 e. The molecule has 7 heteroatoms. The Morgan fingerprint density at radius 2 is 1.69 bits per heavy atom. The van der Waals surface area contributed by atoms with E-state index in [0.29, 0.717) is 13.1 Å². The number of hydrogen-bond donors (Lipinski definition) is 1. The van der Waals surface area contributed by atoms with Crippen LogP contribution in [0.4, 0.5) is 0 Å². The van der Waals surface area contributed by atoms with Crippen LogP contribution >= 0.6 is 0 Å². The third-order valence-corrected chi connectivity index (χ3v) is 6.64. The average molecular weight is 416 g/mol. The third kappa shape index (κ3) is 5.74. The molecule has 0 aliphatic rings. The number of amides is 1. The molecule has 0 spiro atoms. The molecule has 0 saturated heterocycles. The van der Waals surface area contributed by atoms with Crippen molar-refractivity contribution in [3.8, 4) is 0 Å². The monoisotopic (exact) mass is 415 g/mol. The minimum absolute atomic E-state index is 0.0698. The standard InChI is InChI=1S/C22H29N3O3S/c1-6-25(7-2)29(27,28)20-10-8-9-18(15-20)21(26)24-23-16-17-11-13-19(14-12-17)22(3,4)5/h8-16H,6-7H2,1-5H3,(H,24,26)/b23-16+. The van der Waals surface area contributed by atoms with Gasteiger partial charge in [-0.2, -0.15) is 9.41 Å². The average Bonchev–Trinajstić information content (AvgIpc) is 2.68. The van der Waals surface area contributed by atoms with E-state index in [2.05, 4.69) is 31.3 Å². The molecule has 2 rings (SSSR count). The van der Waals surface area contributed by atoms with Gasteiger partial charge in [-0.05, 0) is 34.7 Å². The van der Waals surface area contributed by atoms with E-state index in [9.17, 15) is 13.2 Å². The number of carbonyl (C=O) groups excluding carboxylic acids is 1. The summed E-state index contributed by atoms with van der Waals surface area (Å²) in [5.74, 6) is -0.468. The predicted molar refractivity (Wildman–Crippen MR) is 117 cm³/mol. The number of benzene rings is 2. The van der Waals surface area contributed by atoms with Gasteiger partial charge in [-0.15, -0.1) is 0 Å². The highest BCUT2D eigenvalue weighted by atomic mass is 32.2. The summed E-state index contributed by atoms with van der Waals surface area (Å²) >= 11 is 0. The maximum absolute atomic E-state index is 12.6. The summed E-state index contributed by atoms with van der Waals surface area (Å²) in [4.78, 5) is 12.5. The van der Waals surface area contributed by atoms with Crippen LogP contribution in [0.25, 0.3) is 0 Å². The molecular weight excluding hydrogens is 386 g/mol. The van der Waals surface area contributed by atoms with Crippen molar-refractivity contribution in [2.75, 3.05) is 13.1 Å². The predicted octanol–water partition coefficient (Wildman–Crippen LogP) is 3.78. The number of nitrogens with one attached hydrogen (secondary N) is 1. The zero-order valence-electron chi connectivity index (χ0n) is 17.6. The highest BCUT2D eigenvalue weighted by Crippen LogP contribution is 2.21. The van der Waals surface area contributed by atoms with Gasteiger partial charge >= 0.3 is 0 Å². The second-order valence-corrected chi connectivity index (χ2v) is 9.63. The van der Waals surface area contributed by atoms with Crippen molar-refractivity contribution in [3.63, 3.8) is 0 Å². The van der Waals surface area contributed by atoms with E-state index < -0.39 is 15.9 Å². The van der Waals surface area contributed by atoms with Crippen LogP contribution in [0, 0.1) is 0 Å². The van der Waals surface area contributed by atoms with Crippen LogP contribution in [-0.2, 0) is 15.4 Å². The minimum atomic E-state index is -3.62. The van der Waals surface area contributed by atoms with E-state index in [-0.39, 0.29) is 15.9 Å². The van der Waals surface area contributed by atoms with E-state index in [0.717, 1.165) is 5.56 Å². The first-order valence-corrected chi connectivity index (χ1v) is 11.1. The number of rotatable bonds is 7. The lowest BCUT2D eigenvalue weighted by Gasteiger charge is -2.18. The van der Waals surface area contributed by atoms with Gasteiger partial charge in [0.05, 0.1) is 11.1 Å². The van der Waals surface area contributed by atoms with Crippen molar-refractivity contribution in [1.82, 2.24) is 9.73 Å². The molecule has 0 radical (unpaired) electrons. The summed E-state index contributed by atoms with van der Waals surface area (Å²) in [6.45, 7) is 10.7. The molecule has 2 aromatic rings. The summed E-state index contributed by atoms with van der Waals surface area (Å²) < 4.78 is 26.6. The number of nitrogens with zero attached hydrogens (tertiary/aromatic N) is 2. The fraction of sp³-hybridized carbons (Fsp3) is 0.364. The first kappa shape index (κ1) is 22.8. The highest BCUT2D eigenvalue weighted by Gasteiger charge is 2.22. The summed E-state index contributed by atoms with van der Waals surface area (Å²) in [5.41, 5.74) is 4.83. The Hall–Kier alpha value is -2.51. The molecule has 29 heavy (non-hydrogen) atoms. The fourth-order valence-corrected chi connectivity index (χ4v) is 4.31. The first-order chi connectivity index (χ1) is 13.6. The molecule has 0 unspecified atom stereocenters. The maximum atomic E-state index is 12.6. The molecule has 1 N–H and O–H groups in total. The Balaban J connectivity index is 2.11. The van der Waals surface area contributed by atoms with Crippen molar-refractivity contribution in [3.05, 3.63) is 65.2 Å². The first-order valence-electron chi connectivity index (χ1n) is 9.63. The van der Waals surface area contributed by atoms with E-state index >= 15 is 0 Å². The molecule has 0 bridgehead atoms. The lowest BCUT2D eigenvalue weighted by atomic mass is 9.87. The van der Waals surface area contributed by atoms with Gasteiger partial charge in [-0.25, -0.2) is 13.8 Å². The molecule has 0 aromatic heterocycles. The largest absolute Gasteiger partial charge is 0.271 e. The Kier molecular flexibility index (Phi) is 7.32. The molecule has 156 valence electrons. The lowest BCUT2D eigenvalue weighted by molar-refractivity contribution is 0.0955. The second-order valence-electron chi connectivity index (χ2n) is 7.69. The number of hydrogen-bond acceptors (Lipinski definition) is 4. The van der Waals surface area contributed by atoms with Gasteiger partial charge in [0.25, 0.3) is 5.91 Å². The van der Waals surface area contributed by atoms with Crippen molar-refractivity contribution in [2.24, 2.45) is 5.10 Å². The number of carbonyl (C=O) groups is 1. The fourth-order valence-electron chi connectivity index (χ4n) is 2.81. The molecule has 1 amide bonds. The van der Waals surface area contributed by atoms with Crippen LogP contribution in [0.2, 0.25) is 0 Å². The normalized spacial score (nSPS) is 12.5. The lowest BCUT2D eigenvalue weighted by Crippen LogP contribution is -2.30. The van der Waals surface area contributed by atoms with Crippen molar-refractivity contribution in [1.29, 1.82) is 0 Å². The van der Waals surface area contributed by atoms with Crippen molar-refractivity contribution < 1.29 is 13.2 Å². The van der Waals surface area contributed by atoms with Crippen molar-refractivity contribution in [2.45, 2.75) is 44.9 Å². The van der Waals surface area contributed by atoms with Crippen LogP contribution in [0.15, 0.2) is 58.5 Å². The second kappa shape index (κ2) is 9.33. The van der Waals surface area contributed by atoms with Gasteiger partial charge in [0.1, 0.15) is 0 Å². The molecule has 0 aliphatic heterocycles. The van der Waals surface area contributed by atoms with Gasteiger partial charge in [0, 0.05) is 18.7 Å². The summed E-state index contributed by atoms with van der Waals surface area (Å²) in [7, 11) is -3.62. The zero-order chi connectivity index (χ0) is 21.7. The topological polar surface area (TPSA) is 78.8 Å². The number of hydrazone groups is 1. The van der Waals surface area contributed by atoms with Gasteiger partial charge < -0.3 is 0 Å². The molecule has 0 fully saturated rings. The van der Waals surface area contributed by atoms with E-state index in [1.807, 2.05) is 24.3 Å². The van der Waals surface area contributed by atoms with Crippen LogP contribution in [0.3, 0.4) is 0 Å². The Morgan fingerprint density at radius 1 is 1.07 bits per heavy atom. The van der Waals surface area contributed by atoms with Gasteiger partial charge in [-0.3, -0.25) is 4.79 Å². The molecular formula is C22H29N3O3S. The molecule has 0 atom stereocenters. The van der Waals surface area contributed by atoms with Crippen LogP contribution < -0.4 is 5.43 Å². The van der Waals surface area contributed by atoms with Gasteiger partial charge in [-0.1, -0.05) is 65.0 Å². The molecule has 0 saturated carbocycles. The van der Waals surface area contributed by atoms with Crippen LogP contribution in [0.1, 0.15) is 56.1 Å². The van der Waals surface area contributed by atoms with E-state index in [1.165, 1.54) is 22.0 Å².